The summed E-state index contributed by atoms with van der Waals surface area (Å²) in [5.41, 5.74) is 3.39. The number of hydrogen-bond donors (Lipinski definition) is 1. The van der Waals surface area contributed by atoms with E-state index in [4.69, 9.17) is 0 Å². The maximum Gasteiger partial charge on any atom is 0.322 e. The molecule has 132 valence electrons. The Morgan fingerprint density at radius 3 is 2.69 bits per heavy atom. The second-order valence-corrected chi connectivity index (χ2v) is 6.39. The number of hydrogen-bond acceptors (Lipinski definition) is 1. The first-order valence-corrected chi connectivity index (χ1v) is 8.76. The summed E-state index contributed by atoms with van der Waals surface area (Å²) in [4.78, 5) is 14.8. The molecule has 0 unspecified atom stereocenters. The second kappa shape index (κ2) is 6.67. The molecule has 0 bridgehead atoms. The van der Waals surface area contributed by atoms with Crippen LogP contribution >= 0.6 is 0 Å². The van der Waals surface area contributed by atoms with E-state index in [0.717, 1.165) is 23.4 Å². The largest absolute Gasteiger partial charge is 0.322 e. The lowest BCUT2D eigenvalue weighted by atomic mass is 10.1. The average molecular weight is 349 g/mol. The van der Waals surface area contributed by atoms with E-state index in [1.807, 2.05) is 36.5 Å². The van der Waals surface area contributed by atoms with Gasteiger partial charge in [0.2, 0.25) is 0 Å². The van der Waals surface area contributed by atoms with Gasteiger partial charge in [-0.3, -0.25) is 0 Å². The van der Waals surface area contributed by atoms with Crippen molar-refractivity contribution in [2.45, 2.75) is 25.9 Å². The van der Waals surface area contributed by atoms with E-state index in [1.165, 1.54) is 6.07 Å². The molecule has 1 N–H and O–H groups in total. The molecule has 1 atom stereocenters. The number of halogens is 1. The molecule has 0 spiro atoms. The highest BCUT2D eigenvalue weighted by Gasteiger charge is 2.30. The number of benzene rings is 2. The maximum atomic E-state index is 14.0. The summed E-state index contributed by atoms with van der Waals surface area (Å²) in [6, 6.07) is 17.9. The molecule has 1 aromatic heterocycles. The summed E-state index contributed by atoms with van der Waals surface area (Å²) in [5, 5.41) is 2.73. The first-order chi connectivity index (χ1) is 12.7. The van der Waals surface area contributed by atoms with Crippen molar-refractivity contribution in [3.8, 4) is 5.69 Å². The van der Waals surface area contributed by atoms with Crippen LogP contribution in [0.3, 0.4) is 0 Å². The van der Waals surface area contributed by atoms with E-state index in [0.29, 0.717) is 6.54 Å². The van der Waals surface area contributed by atoms with Crippen LogP contribution in [0.1, 0.15) is 30.6 Å². The summed E-state index contributed by atoms with van der Waals surface area (Å²) >= 11 is 0. The molecule has 0 aliphatic carbocycles. The Kier molecular flexibility index (Phi) is 4.21. The maximum absolute atomic E-state index is 14.0. The number of nitrogens with one attached hydrogen (secondary N) is 1. The van der Waals surface area contributed by atoms with Crippen molar-refractivity contribution in [1.29, 1.82) is 0 Å². The van der Waals surface area contributed by atoms with Gasteiger partial charge in [-0.1, -0.05) is 37.3 Å². The monoisotopic (exact) mass is 349 g/mol. The lowest BCUT2D eigenvalue weighted by Crippen LogP contribution is -2.37. The number of urea groups is 1. The summed E-state index contributed by atoms with van der Waals surface area (Å²) in [6.07, 6.45) is 2.79. The third-order valence-corrected chi connectivity index (χ3v) is 4.85. The second-order valence-electron chi connectivity index (χ2n) is 6.39. The smallest absolute Gasteiger partial charge is 0.318 e. The van der Waals surface area contributed by atoms with Gasteiger partial charge in [-0.2, -0.15) is 0 Å². The Balaban J connectivity index is 1.74. The molecule has 0 radical (unpaired) electrons. The minimum absolute atomic E-state index is 0.0934. The molecule has 26 heavy (non-hydrogen) atoms. The van der Waals surface area contributed by atoms with Crippen LogP contribution in [0.25, 0.3) is 5.69 Å². The number of carbonyl (C=O) groups excluding carboxylic acids is 1. The Labute approximate surface area is 151 Å². The van der Waals surface area contributed by atoms with Crippen LogP contribution in [0.15, 0.2) is 66.9 Å². The average Bonchev–Trinajstić information content (AvgIpc) is 3.08. The van der Waals surface area contributed by atoms with Crippen LogP contribution in [-0.2, 0) is 6.54 Å². The Morgan fingerprint density at radius 1 is 1.12 bits per heavy atom. The quantitative estimate of drug-likeness (QED) is 0.685. The summed E-state index contributed by atoms with van der Waals surface area (Å²) in [7, 11) is 0. The number of aromatic nitrogens is 1. The molecule has 2 aromatic carbocycles. The fourth-order valence-electron chi connectivity index (χ4n) is 3.61. The molecular formula is C21H20FN3O. The molecule has 2 amide bonds. The van der Waals surface area contributed by atoms with E-state index < -0.39 is 5.82 Å². The van der Waals surface area contributed by atoms with Gasteiger partial charge in [-0.25, -0.2) is 9.18 Å². The van der Waals surface area contributed by atoms with Crippen molar-refractivity contribution in [3.05, 3.63) is 83.9 Å². The molecule has 4 nitrogen and oxygen atoms in total. The molecule has 1 aliphatic rings. The molecule has 0 saturated carbocycles. The van der Waals surface area contributed by atoms with Crippen LogP contribution in [-0.4, -0.2) is 15.5 Å². The zero-order valence-corrected chi connectivity index (χ0v) is 14.5. The third-order valence-electron chi connectivity index (χ3n) is 4.85. The molecule has 2 heterocycles. The van der Waals surface area contributed by atoms with Crippen LogP contribution < -0.4 is 5.32 Å². The van der Waals surface area contributed by atoms with Crippen molar-refractivity contribution in [3.63, 3.8) is 0 Å². The van der Waals surface area contributed by atoms with Crippen molar-refractivity contribution >= 4 is 11.7 Å². The molecule has 3 aromatic rings. The lowest BCUT2D eigenvalue weighted by Gasteiger charge is -2.29. The molecule has 4 rings (SSSR count). The number of anilines is 1. The third kappa shape index (κ3) is 2.75. The van der Waals surface area contributed by atoms with Gasteiger partial charge in [0.1, 0.15) is 5.82 Å². The number of fused-ring (bicyclic) bond motifs is 3. The van der Waals surface area contributed by atoms with Gasteiger partial charge in [0.15, 0.2) is 0 Å². The summed E-state index contributed by atoms with van der Waals surface area (Å²) in [6.45, 7) is 2.53. The van der Waals surface area contributed by atoms with Gasteiger partial charge in [0.05, 0.1) is 24.0 Å². The number of carbonyl (C=O) groups is 1. The van der Waals surface area contributed by atoms with Crippen molar-refractivity contribution < 1.29 is 9.18 Å². The molecule has 5 heteroatoms. The Bertz CT molecular complexity index is 950. The zero-order chi connectivity index (χ0) is 18.1. The predicted octanol–water partition coefficient (Wildman–Crippen LogP) is 5.12. The normalized spacial score (nSPS) is 15.8. The first kappa shape index (κ1) is 16.4. The number of para-hydroxylation sites is 2. The van der Waals surface area contributed by atoms with E-state index in [-0.39, 0.29) is 17.8 Å². The van der Waals surface area contributed by atoms with E-state index >= 15 is 0 Å². The fourth-order valence-corrected chi connectivity index (χ4v) is 3.61. The van der Waals surface area contributed by atoms with Crippen LogP contribution in [0.2, 0.25) is 0 Å². The lowest BCUT2D eigenvalue weighted by molar-refractivity contribution is 0.181. The van der Waals surface area contributed by atoms with Crippen molar-refractivity contribution in [2.24, 2.45) is 0 Å². The first-order valence-electron chi connectivity index (χ1n) is 8.76. The minimum Gasteiger partial charge on any atom is -0.318 e. The fraction of sp³-hybridized carbons (Fsp3) is 0.190. The minimum atomic E-state index is -0.438. The molecule has 1 aliphatic heterocycles. The van der Waals surface area contributed by atoms with Gasteiger partial charge in [-0.05, 0) is 42.3 Å². The van der Waals surface area contributed by atoms with E-state index in [2.05, 4.69) is 22.9 Å². The van der Waals surface area contributed by atoms with Gasteiger partial charge in [0, 0.05) is 11.9 Å². The van der Waals surface area contributed by atoms with Gasteiger partial charge < -0.3 is 14.8 Å². The molecular weight excluding hydrogens is 329 g/mol. The van der Waals surface area contributed by atoms with Gasteiger partial charge in [-0.15, -0.1) is 0 Å². The van der Waals surface area contributed by atoms with Crippen molar-refractivity contribution in [1.82, 2.24) is 9.47 Å². The molecule has 0 saturated heterocycles. The number of nitrogens with zero attached hydrogens (tertiary/aromatic N) is 2. The number of rotatable bonds is 2. The highest BCUT2D eigenvalue weighted by molar-refractivity contribution is 5.90. The van der Waals surface area contributed by atoms with Crippen LogP contribution in [0.5, 0.6) is 0 Å². The number of amides is 2. The Hall–Kier alpha value is -3.08. The van der Waals surface area contributed by atoms with Gasteiger partial charge in [0.25, 0.3) is 0 Å². The van der Waals surface area contributed by atoms with Crippen LogP contribution in [0.4, 0.5) is 14.9 Å². The predicted molar refractivity (Wildman–Crippen MR) is 99.8 cm³/mol. The molecule has 0 fully saturated rings. The van der Waals surface area contributed by atoms with E-state index in [9.17, 15) is 9.18 Å². The SMILES string of the molecule is CC[C@@H]1c2cccn2-c2ccccc2CN1C(=O)Nc1ccccc1F. The summed E-state index contributed by atoms with van der Waals surface area (Å²) in [5.74, 6) is -0.438. The van der Waals surface area contributed by atoms with Crippen molar-refractivity contribution in [2.75, 3.05) is 5.32 Å². The zero-order valence-electron chi connectivity index (χ0n) is 14.5. The summed E-state index contributed by atoms with van der Waals surface area (Å²) < 4.78 is 16.1. The highest BCUT2D eigenvalue weighted by Crippen LogP contribution is 2.34. The topological polar surface area (TPSA) is 37.3 Å². The van der Waals surface area contributed by atoms with Crippen LogP contribution in [0, 0.1) is 5.82 Å². The Morgan fingerprint density at radius 2 is 1.88 bits per heavy atom. The van der Waals surface area contributed by atoms with Gasteiger partial charge >= 0.3 is 6.03 Å². The van der Waals surface area contributed by atoms with E-state index in [1.54, 1.807) is 23.1 Å². The highest BCUT2D eigenvalue weighted by atomic mass is 19.1. The standard InChI is InChI=1S/C21H20FN3O/c1-2-18-20-12-7-13-24(20)19-11-6-3-8-15(19)14-25(18)21(26)23-17-10-5-4-9-16(17)22/h3-13,18H,2,14H2,1H3,(H,23,26)/t18-/m1/s1.